The van der Waals surface area contributed by atoms with E-state index < -0.39 is 10.0 Å². The fourth-order valence-corrected chi connectivity index (χ4v) is 6.10. The minimum atomic E-state index is -3.85. The number of ether oxygens (including phenoxy) is 1. The Kier molecular flexibility index (Phi) is 7.20. The molecule has 2 aromatic rings. The maximum Gasteiger partial charge on any atom is 0.246 e. The molecule has 0 aliphatic carbocycles. The Bertz CT molecular complexity index is 1050. The van der Waals surface area contributed by atoms with Gasteiger partial charge in [-0.2, -0.15) is 4.31 Å². The molecule has 6 nitrogen and oxygen atoms in total. The van der Waals surface area contributed by atoms with Gasteiger partial charge >= 0.3 is 0 Å². The van der Waals surface area contributed by atoms with E-state index in [2.05, 4.69) is 5.32 Å². The molecule has 10 heteroatoms. The molecule has 0 radical (unpaired) electrons. The van der Waals surface area contributed by atoms with E-state index in [9.17, 15) is 13.2 Å². The van der Waals surface area contributed by atoms with Crippen LogP contribution >= 0.6 is 34.8 Å². The molecule has 0 atom stereocenters. The van der Waals surface area contributed by atoms with Gasteiger partial charge in [0, 0.05) is 30.1 Å². The molecule has 1 N–H and O–H groups in total. The second-order valence-corrected chi connectivity index (χ2v) is 10.1. The summed E-state index contributed by atoms with van der Waals surface area (Å²) >= 11 is 18.3. The lowest BCUT2D eigenvalue weighted by Gasteiger charge is -2.31. The van der Waals surface area contributed by atoms with Crippen molar-refractivity contribution in [2.75, 3.05) is 25.5 Å². The number of amides is 1. The van der Waals surface area contributed by atoms with E-state index in [1.807, 2.05) is 6.92 Å². The molecule has 30 heavy (non-hydrogen) atoms. The molecular formula is C20H21Cl3N2O4S. The van der Waals surface area contributed by atoms with Gasteiger partial charge in [-0.15, -0.1) is 0 Å². The van der Waals surface area contributed by atoms with Crippen LogP contribution in [0.5, 0.6) is 5.75 Å². The lowest BCUT2D eigenvalue weighted by Crippen LogP contribution is -2.41. The molecule has 1 aliphatic heterocycles. The number of nitrogens with one attached hydrogen (secondary N) is 1. The highest BCUT2D eigenvalue weighted by Crippen LogP contribution is 2.35. The van der Waals surface area contributed by atoms with E-state index in [0.717, 1.165) is 5.56 Å². The lowest BCUT2D eigenvalue weighted by atomic mass is 9.97. The smallest absolute Gasteiger partial charge is 0.246 e. The van der Waals surface area contributed by atoms with Crippen molar-refractivity contribution in [3.63, 3.8) is 0 Å². The number of aryl methyl sites for hydroxylation is 1. The summed E-state index contributed by atoms with van der Waals surface area (Å²) in [5.41, 5.74) is 1.34. The van der Waals surface area contributed by atoms with Gasteiger partial charge in [0.25, 0.3) is 0 Å². The number of rotatable bonds is 5. The first-order valence-electron chi connectivity index (χ1n) is 9.24. The van der Waals surface area contributed by atoms with E-state index in [1.54, 1.807) is 18.2 Å². The molecule has 0 spiro atoms. The zero-order chi connectivity index (χ0) is 22.1. The normalized spacial score (nSPS) is 15.8. The van der Waals surface area contributed by atoms with Crippen molar-refractivity contribution in [3.8, 4) is 5.75 Å². The zero-order valence-corrected chi connectivity index (χ0v) is 19.5. The van der Waals surface area contributed by atoms with Crippen molar-refractivity contribution in [3.05, 3.63) is 51.0 Å². The van der Waals surface area contributed by atoms with Crippen LogP contribution < -0.4 is 10.1 Å². The molecule has 1 saturated heterocycles. The number of piperidine rings is 1. The summed E-state index contributed by atoms with van der Waals surface area (Å²) in [4.78, 5) is 12.7. The largest absolute Gasteiger partial charge is 0.495 e. The number of nitrogens with zero attached hydrogens (tertiary/aromatic N) is 1. The van der Waals surface area contributed by atoms with Gasteiger partial charge in [-0.05, 0) is 43.5 Å². The van der Waals surface area contributed by atoms with Gasteiger partial charge in [0.2, 0.25) is 15.9 Å². The zero-order valence-electron chi connectivity index (χ0n) is 16.4. The van der Waals surface area contributed by atoms with Crippen LogP contribution in [-0.4, -0.2) is 38.8 Å². The molecule has 0 bridgehead atoms. The summed E-state index contributed by atoms with van der Waals surface area (Å²) in [7, 11) is -2.35. The summed E-state index contributed by atoms with van der Waals surface area (Å²) in [5, 5.41) is 3.57. The highest BCUT2D eigenvalue weighted by molar-refractivity contribution is 7.89. The van der Waals surface area contributed by atoms with E-state index >= 15 is 0 Å². The number of benzene rings is 2. The van der Waals surface area contributed by atoms with Crippen LogP contribution in [0.25, 0.3) is 0 Å². The Morgan fingerprint density at radius 2 is 1.70 bits per heavy atom. The number of anilines is 1. The van der Waals surface area contributed by atoms with Gasteiger partial charge in [0.05, 0.1) is 22.8 Å². The minimum absolute atomic E-state index is 0.0765. The van der Waals surface area contributed by atoms with Crippen LogP contribution in [0.4, 0.5) is 5.69 Å². The first-order chi connectivity index (χ1) is 14.1. The van der Waals surface area contributed by atoms with Crippen molar-refractivity contribution in [2.45, 2.75) is 24.7 Å². The van der Waals surface area contributed by atoms with Crippen LogP contribution in [-0.2, 0) is 14.8 Å². The molecule has 1 fully saturated rings. The van der Waals surface area contributed by atoms with Gasteiger partial charge in [-0.3, -0.25) is 4.79 Å². The number of hydrogen-bond acceptors (Lipinski definition) is 4. The van der Waals surface area contributed by atoms with Crippen LogP contribution in [0.1, 0.15) is 18.4 Å². The monoisotopic (exact) mass is 490 g/mol. The molecule has 162 valence electrons. The summed E-state index contributed by atoms with van der Waals surface area (Å²) < 4.78 is 32.6. The highest BCUT2D eigenvalue weighted by Gasteiger charge is 2.34. The second-order valence-electron chi connectivity index (χ2n) is 7.02. The second kappa shape index (κ2) is 9.32. The number of carbonyl (C=O) groups is 1. The number of halogens is 3. The number of hydrogen-bond donors (Lipinski definition) is 1. The summed E-state index contributed by atoms with van der Waals surface area (Å²) in [5.74, 6) is -0.0611. The Hall–Kier alpha value is -1.51. The Balaban J connectivity index is 1.70. The SMILES string of the molecule is COc1cc(Cl)c(C)cc1NC(=O)C1CCN(S(=O)(=O)c2c(Cl)cccc2Cl)CC1. The van der Waals surface area contributed by atoms with Crippen LogP contribution in [0.2, 0.25) is 15.1 Å². The molecule has 1 heterocycles. The minimum Gasteiger partial charge on any atom is -0.495 e. The van der Waals surface area contributed by atoms with Gasteiger partial charge in [-0.1, -0.05) is 40.9 Å². The van der Waals surface area contributed by atoms with E-state index in [4.69, 9.17) is 39.5 Å². The third-order valence-corrected chi connectivity index (χ3v) is 8.34. The molecule has 0 aromatic heterocycles. The molecule has 1 aliphatic rings. The van der Waals surface area contributed by atoms with Gasteiger partial charge in [0.1, 0.15) is 10.6 Å². The van der Waals surface area contributed by atoms with Crippen molar-refractivity contribution in [1.82, 2.24) is 4.31 Å². The van der Waals surface area contributed by atoms with Crippen molar-refractivity contribution in [2.24, 2.45) is 5.92 Å². The molecule has 3 rings (SSSR count). The van der Waals surface area contributed by atoms with Gasteiger partial charge in [-0.25, -0.2) is 8.42 Å². The van der Waals surface area contributed by atoms with Crippen LogP contribution in [0.3, 0.4) is 0 Å². The standard InChI is InChI=1S/C20H21Cl3N2O4S/c1-12-10-17(18(29-2)11-16(12)23)24-20(26)13-6-8-25(9-7-13)30(27,28)19-14(21)4-3-5-15(19)22/h3-5,10-11,13H,6-9H2,1-2H3,(H,24,26). The van der Waals surface area contributed by atoms with Crippen molar-refractivity contribution >= 4 is 56.4 Å². The highest BCUT2D eigenvalue weighted by atomic mass is 35.5. The number of sulfonamides is 1. The maximum atomic E-state index is 13.0. The van der Waals surface area contributed by atoms with Crippen molar-refractivity contribution < 1.29 is 17.9 Å². The molecular weight excluding hydrogens is 471 g/mol. The molecule has 2 aromatic carbocycles. The first-order valence-corrected chi connectivity index (χ1v) is 11.8. The average molecular weight is 492 g/mol. The topological polar surface area (TPSA) is 75.7 Å². The first kappa shape index (κ1) is 23.2. The fourth-order valence-electron chi connectivity index (χ4n) is 3.38. The summed E-state index contributed by atoms with van der Waals surface area (Å²) in [6.45, 7) is 2.22. The quantitative estimate of drug-likeness (QED) is 0.638. The van der Waals surface area contributed by atoms with E-state index in [0.29, 0.717) is 29.3 Å². The number of carbonyl (C=O) groups excluding carboxylic acids is 1. The Morgan fingerprint density at radius 3 is 2.27 bits per heavy atom. The van der Waals surface area contributed by atoms with Gasteiger partial charge in [0.15, 0.2) is 0 Å². The van der Waals surface area contributed by atoms with E-state index in [-0.39, 0.29) is 39.9 Å². The predicted molar refractivity (Wildman–Crippen MR) is 119 cm³/mol. The number of methoxy groups -OCH3 is 1. The van der Waals surface area contributed by atoms with Gasteiger partial charge < -0.3 is 10.1 Å². The average Bonchev–Trinajstić information content (AvgIpc) is 2.70. The van der Waals surface area contributed by atoms with Crippen molar-refractivity contribution in [1.29, 1.82) is 0 Å². The van der Waals surface area contributed by atoms with E-state index in [1.165, 1.54) is 23.5 Å². The predicted octanol–water partition coefficient (Wildman–Crippen LogP) is 5.00. The Morgan fingerprint density at radius 1 is 1.10 bits per heavy atom. The third kappa shape index (κ3) is 4.70. The molecule has 0 saturated carbocycles. The summed E-state index contributed by atoms with van der Waals surface area (Å²) in [6.07, 6.45) is 0.754. The lowest BCUT2D eigenvalue weighted by molar-refractivity contribution is -0.120. The van der Waals surface area contributed by atoms with Crippen LogP contribution in [0, 0.1) is 12.8 Å². The molecule has 0 unspecified atom stereocenters. The molecule has 1 amide bonds. The third-order valence-electron chi connectivity index (χ3n) is 5.08. The fraction of sp³-hybridized carbons (Fsp3) is 0.350. The Labute approximate surface area is 191 Å². The van der Waals surface area contributed by atoms with Crippen LogP contribution in [0.15, 0.2) is 35.2 Å². The maximum absolute atomic E-state index is 13.0. The summed E-state index contributed by atoms with van der Waals surface area (Å²) in [6, 6.07) is 7.96.